The van der Waals surface area contributed by atoms with Gasteiger partial charge < -0.3 is 15.0 Å². The van der Waals surface area contributed by atoms with Crippen molar-refractivity contribution in [2.24, 2.45) is 0 Å². The quantitative estimate of drug-likeness (QED) is 0.869. The van der Waals surface area contributed by atoms with Crippen LogP contribution in [0.2, 0.25) is 0 Å². The highest BCUT2D eigenvalue weighted by atomic mass is 16.4. The third-order valence-corrected chi connectivity index (χ3v) is 2.86. The molecule has 0 fully saturated rings. The van der Waals surface area contributed by atoms with Crippen molar-refractivity contribution >= 4 is 17.7 Å². The van der Waals surface area contributed by atoms with E-state index in [-0.39, 0.29) is 12.1 Å². The van der Waals surface area contributed by atoms with Gasteiger partial charge in [0.25, 0.3) is 5.56 Å². The van der Waals surface area contributed by atoms with Gasteiger partial charge >= 0.3 is 5.97 Å². The van der Waals surface area contributed by atoms with Crippen LogP contribution in [-0.4, -0.2) is 26.5 Å². The van der Waals surface area contributed by atoms with Crippen LogP contribution in [0, 0.1) is 6.92 Å². The molecule has 0 aliphatic carbocycles. The fourth-order valence-corrected chi connectivity index (χ4v) is 1.79. The van der Waals surface area contributed by atoms with E-state index in [1.807, 2.05) is 0 Å². The molecule has 2 aromatic rings. The summed E-state index contributed by atoms with van der Waals surface area (Å²) in [6.07, 6.45) is 1.53. The molecule has 2 aromatic heterocycles. The van der Waals surface area contributed by atoms with Crippen molar-refractivity contribution in [1.82, 2.24) is 9.55 Å². The number of hydrogen-bond donors (Lipinski definition) is 2. The molecule has 0 spiro atoms. The molecule has 2 rings (SSSR count). The van der Waals surface area contributed by atoms with Crippen LogP contribution in [0.5, 0.6) is 0 Å². The van der Waals surface area contributed by atoms with Crippen LogP contribution in [0.3, 0.4) is 0 Å². The molecule has 1 amide bonds. The third-order valence-electron chi connectivity index (χ3n) is 2.86. The molecule has 0 aliphatic rings. The number of hydrogen-bond acceptors (Lipinski definition) is 4. The maximum absolute atomic E-state index is 12.0. The predicted octanol–water partition coefficient (Wildman–Crippen LogP) is 0.889. The number of nitrogens with zero attached hydrogens (tertiary/aromatic N) is 2. The van der Waals surface area contributed by atoms with Gasteiger partial charge in [0.15, 0.2) is 0 Å². The second kappa shape index (κ2) is 6.00. The second-order valence-electron chi connectivity index (χ2n) is 4.35. The molecule has 0 atom stereocenters. The van der Waals surface area contributed by atoms with Gasteiger partial charge in [-0.3, -0.25) is 9.59 Å². The van der Waals surface area contributed by atoms with Crippen molar-refractivity contribution in [2.45, 2.75) is 13.5 Å². The maximum Gasteiger partial charge on any atom is 0.341 e. The summed E-state index contributed by atoms with van der Waals surface area (Å²) in [7, 11) is 0. The van der Waals surface area contributed by atoms with E-state index in [1.54, 1.807) is 25.1 Å². The Labute approximate surface area is 119 Å². The van der Waals surface area contributed by atoms with Crippen LogP contribution in [0.4, 0.5) is 5.82 Å². The van der Waals surface area contributed by atoms with E-state index >= 15 is 0 Å². The number of carbonyl (C=O) groups is 2. The number of aromatic carboxylic acids is 1. The number of carboxylic acids is 1. The summed E-state index contributed by atoms with van der Waals surface area (Å²) in [6, 6.07) is 7.75. The lowest BCUT2D eigenvalue weighted by atomic mass is 10.2. The smallest absolute Gasteiger partial charge is 0.341 e. The van der Waals surface area contributed by atoms with Gasteiger partial charge in [-0.15, -0.1) is 0 Å². The number of amides is 1. The van der Waals surface area contributed by atoms with Gasteiger partial charge in [-0.1, -0.05) is 6.07 Å². The first-order valence-electron chi connectivity index (χ1n) is 6.13. The summed E-state index contributed by atoms with van der Waals surface area (Å²) in [5.74, 6) is -1.41. The molecule has 7 nitrogen and oxygen atoms in total. The number of aromatic nitrogens is 2. The number of rotatable bonds is 4. The summed E-state index contributed by atoms with van der Waals surface area (Å²) in [5.41, 5.74) is -0.578. The average Bonchev–Trinajstić information content (AvgIpc) is 2.44. The van der Waals surface area contributed by atoms with E-state index in [4.69, 9.17) is 5.11 Å². The SMILES string of the molecule is Cc1ccc(C(=O)O)c(=O)n1CC(=O)Nc1ccccn1. The predicted molar refractivity (Wildman–Crippen MR) is 75.3 cm³/mol. The largest absolute Gasteiger partial charge is 0.477 e. The van der Waals surface area contributed by atoms with Crippen LogP contribution < -0.4 is 10.9 Å². The molecule has 0 saturated heterocycles. The molecule has 0 unspecified atom stereocenters. The highest BCUT2D eigenvalue weighted by molar-refractivity contribution is 5.90. The fourth-order valence-electron chi connectivity index (χ4n) is 1.79. The summed E-state index contributed by atoms with van der Waals surface area (Å²) in [4.78, 5) is 38.8. The lowest BCUT2D eigenvalue weighted by molar-refractivity contribution is -0.116. The minimum atomic E-state index is -1.32. The lowest BCUT2D eigenvalue weighted by Crippen LogP contribution is -2.32. The molecule has 2 N–H and O–H groups in total. The maximum atomic E-state index is 12.0. The molecular formula is C14H13N3O4. The minimum absolute atomic E-state index is 0.275. The average molecular weight is 287 g/mol. The second-order valence-corrected chi connectivity index (χ2v) is 4.35. The van der Waals surface area contributed by atoms with Crippen LogP contribution in [-0.2, 0) is 11.3 Å². The Hall–Kier alpha value is -2.96. The van der Waals surface area contributed by atoms with E-state index in [0.29, 0.717) is 11.5 Å². The monoisotopic (exact) mass is 287 g/mol. The number of carboxylic acid groups (broad SMARTS) is 1. The number of aryl methyl sites for hydroxylation is 1. The summed E-state index contributed by atoms with van der Waals surface area (Å²) in [6.45, 7) is 1.35. The van der Waals surface area contributed by atoms with Gasteiger partial charge in [0, 0.05) is 11.9 Å². The van der Waals surface area contributed by atoms with Crippen molar-refractivity contribution in [1.29, 1.82) is 0 Å². The Balaban J connectivity index is 2.23. The van der Waals surface area contributed by atoms with E-state index in [2.05, 4.69) is 10.3 Å². The first-order valence-corrected chi connectivity index (χ1v) is 6.13. The molecule has 0 radical (unpaired) electrons. The van der Waals surface area contributed by atoms with E-state index in [1.165, 1.54) is 18.3 Å². The van der Waals surface area contributed by atoms with Crippen molar-refractivity contribution in [3.8, 4) is 0 Å². The minimum Gasteiger partial charge on any atom is -0.477 e. The standard InChI is InChI=1S/C14H13N3O4/c1-9-5-6-10(14(20)21)13(19)17(9)8-12(18)16-11-4-2-3-7-15-11/h2-7H,8H2,1H3,(H,20,21)(H,15,16,18). The zero-order valence-electron chi connectivity index (χ0n) is 11.2. The number of pyridine rings is 2. The first kappa shape index (κ1) is 14.4. The van der Waals surface area contributed by atoms with Gasteiger partial charge in [-0.05, 0) is 31.2 Å². The molecule has 21 heavy (non-hydrogen) atoms. The Bertz CT molecular complexity index is 738. The molecule has 7 heteroatoms. The van der Waals surface area contributed by atoms with Gasteiger partial charge in [-0.2, -0.15) is 0 Å². The highest BCUT2D eigenvalue weighted by Gasteiger charge is 2.14. The Morgan fingerprint density at radius 3 is 2.67 bits per heavy atom. The van der Waals surface area contributed by atoms with Crippen LogP contribution in [0.25, 0.3) is 0 Å². The zero-order chi connectivity index (χ0) is 15.4. The highest BCUT2D eigenvalue weighted by Crippen LogP contribution is 2.02. The normalized spacial score (nSPS) is 10.1. The lowest BCUT2D eigenvalue weighted by Gasteiger charge is -2.10. The molecule has 0 aliphatic heterocycles. The Morgan fingerprint density at radius 2 is 2.05 bits per heavy atom. The van der Waals surface area contributed by atoms with Gasteiger partial charge in [0.2, 0.25) is 5.91 Å². The van der Waals surface area contributed by atoms with Gasteiger partial charge in [-0.25, -0.2) is 9.78 Å². The Kier molecular flexibility index (Phi) is 4.13. The van der Waals surface area contributed by atoms with Crippen LogP contribution >= 0.6 is 0 Å². The van der Waals surface area contributed by atoms with Crippen LogP contribution in [0.1, 0.15) is 16.1 Å². The van der Waals surface area contributed by atoms with Crippen molar-refractivity contribution < 1.29 is 14.7 Å². The topological polar surface area (TPSA) is 101 Å². The van der Waals surface area contributed by atoms with E-state index in [9.17, 15) is 14.4 Å². The van der Waals surface area contributed by atoms with Crippen molar-refractivity contribution in [3.05, 3.63) is 58.1 Å². The number of nitrogens with one attached hydrogen (secondary N) is 1. The Morgan fingerprint density at radius 1 is 1.29 bits per heavy atom. The van der Waals surface area contributed by atoms with E-state index in [0.717, 1.165) is 4.57 Å². The van der Waals surface area contributed by atoms with Crippen molar-refractivity contribution in [2.75, 3.05) is 5.32 Å². The number of anilines is 1. The number of carbonyl (C=O) groups excluding carboxylic acids is 1. The van der Waals surface area contributed by atoms with E-state index < -0.39 is 17.4 Å². The third kappa shape index (κ3) is 3.33. The molecular weight excluding hydrogens is 274 g/mol. The summed E-state index contributed by atoms with van der Waals surface area (Å²) in [5, 5.41) is 11.5. The van der Waals surface area contributed by atoms with Crippen LogP contribution in [0.15, 0.2) is 41.3 Å². The molecule has 0 aromatic carbocycles. The zero-order valence-corrected chi connectivity index (χ0v) is 11.2. The van der Waals surface area contributed by atoms with Crippen molar-refractivity contribution in [3.63, 3.8) is 0 Å². The summed E-state index contributed by atoms with van der Waals surface area (Å²) >= 11 is 0. The molecule has 0 saturated carbocycles. The first-order chi connectivity index (χ1) is 9.99. The molecule has 2 heterocycles. The van der Waals surface area contributed by atoms with Gasteiger partial charge in [0.1, 0.15) is 17.9 Å². The fraction of sp³-hybridized carbons (Fsp3) is 0.143. The summed E-state index contributed by atoms with van der Waals surface area (Å²) < 4.78 is 1.11. The molecule has 108 valence electrons. The molecule has 0 bridgehead atoms. The van der Waals surface area contributed by atoms with Gasteiger partial charge in [0.05, 0.1) is 0 Å².